The molecule has 1 heterocycles. The third kappa shape index (κ3) is 2.60. The molecular formula is C16H18N4O. The largest absolute Gasteiger partial charge is 0.507 e. The van der Waals surface area contributed by atoms with Gasteiger partial charge >= 0.3 is 0 Å². The number of aromatic nitrogens is 3. The van der Waals surface area contributed by atoms with Crippen LogP contribution in [0.2, 0.25) is 0 Å². The van der Waals surface area contributed by atoms with E-state index in [9.17, 15) is 5.11 Å². The van der Waals surface area contributed by atoms with Gasteiger partial charge in [-0.2, -0.15) is 0 Å². The van der Waals surface area contributed by atoms with Crippen molar-refractivity contribution in [1.82, 2.24) is 20.1 Å². The first kappa shape index (κ1) is 13.6. The maximum atomic E-state index is 10.5. The molecule has 1 aromatic heterocycles. The van der Waals surface area contributed by atoms with Gasteiger partial charge in [0, 0.05) is 24.0 Å². The molecule has 0 aliphatic carbocycles. The number of hydrogen-bond acceptors (Lipinski definition) is 4. The highest BCUT2D eigenvalue weighted by atomic mass is 16.3. The van der Waals surface area contributed by atoms with Crippen LogP contribution in [-0.2, 0) is 13.6 Å². The number of phenolic OH excluding ortho intramolecular Hbond substituents is 1. The van der Waals surface area contributed by atoms with Crippen LogP contribution in [0.15, 0.2) is 42.7 Å². The van der Waals surface area contributed by atoms with Gasteiger partial charge in [0.15, 0.2) is 0 Å². The summed E-state index contributed by atoms with van der Waals surface area (Å²) in [6.45, 7) is 2.63. The predicted octanol–water partition coefficient (Wildman–Crippen LogP) is 2.52. The van der Waals surface area contributed by atoms with Crippen molar-refractivity contribution >= 4 is 10.8 Å². The Hall–Kier alpha value is -2.40. The van der Waals surface area contributed by atoms with Crippen molar-refractivity contribution in [3.63, 3.8) is 0 Å². The van der Waals surface area contributed by atoms with E-state index in [0.717, 1.165) is 22.2 Å². The van der Waals surface area contributed by atoms with Crippen LogP contribution in [0.3, 0.4) is 0 Å². The van der Waals surface area contributed by atoms with Crippen molar-refractivity contribution in [1.29, 1.82) is 0 Å². The van der Waals surface area contributed by atoms with Gasteiger partial charge in [-0.25, -0.2) is 0 Å². The second-order valence-electron chi connectivity index (χ2n) is 5.19. The molecule has 3 rings (SSSR count). The molecule has 0 aliphatic heterocycles. The smallest absolute Gasteiger partial charge is 0.146 e. The monoisotopic (exact) mass is 282 g/mol. The maximum absolute atomic E-state index is 10.5. The molecule has 0 aliphatic rings. The molecule has 1 unspecified atom stereocenters. The third-order valence-electron chi connectivity index (χ3n) is 3.77. The fourth-order valence-electron chi connectivity index (χ4n) is 2.44. The molecule has 0 spiro atoms. The summed E-state index contributed by atoms with van der Waals surface area (Å²) in [5, 5.41) is 23.6. The molecular weight excluding hydrogens is 264 g/mol. The minimum atomic E-state index is 0.0197. The highest BCUT2D eigenvalue weighted by molar-refractivity contribution is 5.89. The molecule has 5 heteroatoms. The standard InChI is InChI=1S/C16H18N4O/c1-11(17-9-15-19-18-10-20(15)2)13-8-7-12-5-3-4-6-14(12)16(13)21/h3-8,10-11,17,21H,9H2,1-2H3. The van der Waals surface area contributed by atoms with Gasteiger partial charge < -0.3 is 15.0 Å². The Labute approximate surface area is 123 Å². The molecule has 0 amide bonds. The van der Waals surface area contributed by atoms with E-state index in [1.54, 1.807) is 6.33 Å². The minimum absolute atomic E-state index is 0.0197. The lowest BCUT2D eigenvalue weighted by Crippen LogP contribution is -2.20. The Morgan fingerprint density at radius 1 is 1.24 bits per heavy atom. The lowest BCUT2D eigenvalue weighted by atomic mass is 10.0. The van der Waals surface area contributed by atoms with Crippen molar-refractivity contribution in [2.75, 3.05) is 0 Å². The van der Waals surface area contributed by atoms with E-state index in [4.69, 9.17) is 0 Å². The number of hydrogen-bond donors (Lipinski definition) is 2. The number of aromatic hydroxyl groups is 1. The number of fused-ring (bicyclic) bond motifs is 1. The second-order valence-corrected chi connectivity index (χ2v) is 5.19. The predicted molar refractivity (Wildman–Crippen MR) is 81.9 cm³/mol. The first-order chi connectivity index (χ1) is 10.2. The molecule has 0 radical (unpaired) electrons. The van der Waals surface area contributed by atoms with E-state index in [1.807, 2.05) is 54.9 Å². The van der Waals surface area contributed by atoms with Crippen LogP contribution in [0.25, 0.3) is 10.8 Å². The lowest BCUT2D eigenvalue weighted by Gasteiger charge is -2.16. The number of nitrogens with one attached hydrogen (secondary N) is 1. The van der Waals surface area contributed by atoms with Crippen LogP contribution in [0.1, 0.15) is 24.4 Å². The normalized spacial score (nSPS) is 12.7. The van der Waals surface area contributed by atoms with E-state index in [0.29, 0.717) is 12.3 Å². The average molecular weight is 282 g/mol. The van der Waals surface area contributed by atoms with Crippen LogP contribution in [0.4, 0.5) is 0 Å². The Kier molecular flexibility index (Phi) is 3.58. The molecule has 5 nitrogen and oxygen atoms in total. The number of aryl methyl sites for hydroxylation is 1. The van der Waals surface area contributed by atoms with Gasteiger partial charge in [0.25, 0.3) is 0 Å². The first-order valence-corrected chi connectivity index (χ1v) is 6.93. The van der Waals surface area contributed by atoms with Crippen LogP contribution >= 0.6 is 0 Å². The van der Waals surface area contributed by atoms with Crippen molar-refractivity contribution in [3.8, 4) is 5.75 Å². The summed E-state index contributed by atoms with van der Waals surface area (Å²) in [6.07, 6.45) is 1.68. The van der Waals surface area contributed by atoms with E-state index in [2.05, 4.69) is 15.5 Å². The summed E-state index contributed by atoms with van der Waals surface area (Å²) in [4.78, 5) is 0. The van der Waals surface area contributed by atoms with Crippen molar-refractivity contribution in [3.05, 3.63) is 54.1 Å². The number of phenols is 1. The molecule has 1 atom stereocenters. The molecule has 2 N–H and O–H groups in total. The van der Waals surface area contributed by atoms with E-state index in [-0.39, 0.29) is 6.04 Å². The molecule has 108 valence electrons. The van der Waals surface area contributed by atoms with Gasteiger partial charge in [0.2, 0.25) is 0 Å². The van der Waals surface area contributed by atoms with Gasteiger partial charge in [0.1, 0.15) is 17.9 Å². The topological polar surface area (TPSA) is 63.0 Å². The van der Waals surface area contributed by atoms with Crippen LogP contribution in [0.5, 0.6) is 5.75 Å². The molecule has 21 heavy (non-hydrogen) atoms. The van der Waals surface area contributed by atoms with Gasteiger partial charge in [-0.3, -0.25) is 0 Å². The van der Waals surface area contributed by atoms with E-state index >= 15 is 0 Å². The summed E-state index contributed by atoms with van der Waals surface area (Å²) < 4.78 is 1.87. The lowest BCUT2D eigenvalue weighted by molar-refractivity contribution is 0.456. The fourth-order valence-corrected chi connectivity index (χ4v) is 2.44. The highest BCUT2D eigenvalue weighted by Gasteiger charge is 2.13. The van der Waals surface area contributed by atoms with Gasteiger partial charge in [-0.1, -0.05) is 36.4 Å². The zero-order valence-electron chi connectivity index (χ0n) is 12.1. The molecule has 0 bridgehead atoms. The minimum Gasteiger partial charge on any atom is -0.507 e. The maximum Gasteiger partial charge on any atom is 0.146 e. The van der Waals surface area contributed by atoms with Gasteiger partial charge in [0.05, 0.1) is 6.54 Å². The average Bonchev–Trinajstić information content (AvgIpc) is 2.91. The van der Waals surface area contributed by atoms with E-state index in [1.165, 1.54) is 0 Å². The Balaban J connectivity index is 1.83. The van der Waals surface area contributed by atoms with Crippen LogP contribution in [0, 0.1) is 0 Å². The fraction of sp³-hybridized carbons (Fsp3) is 0.250. The molecule has 0 fully saturated rings. The Morgan fingerprint density at radius 3 is 2.81 bits per heavy atom. The summed E-state index contributed by atoms with van der Waals surface area (Å²) >= 11 is 0. The molecule has 2 aromatic carbocycles. The zero-order chi connectivity index (χ0) is 14.8. The first-order valence-electron chi connectivity index (χ1n) is 6.93. The summed E-state index contributed by atoms with van der Waals surface area (Å²) in [6, 6.07) is 11.9. The van der Waals surface area contributed by atoms with Crippen LogP contribution in [-0.4, -0.2) is 19.9 Å². The quantitative estimate of drug-likeness (QED) is 0.772. The second kappa shape index (κ2) is 5.54. The van der Waals surface area contributed by atoms with Gasteiger partial charge in [-0.15, -0.1) is 10.2 Å². The van der Waals surface area contributed by atoms with Crippen molar-refractivity contribution in [2.24, 2.45) is 7.05 Å². The molecule has 0 saturated heterocycles. The molecule has 0 saturated carbocycles. The third-order valence-corrected chi connectivity index (χ3v) is 3.77. The summed E-state index contributed by atoms with van der Waals surface area (Å²) in [5.41, 5.74) is 0.885. The highest BCUT2D eigenvalue weighted by Crippen LogP contribution is 2.32. The van der Waals surface area contributed by atoms with Crippen molar-refractivity contribution in [2.45, 2.75) is 19.5 Å². The number of benzene rings is 2. The number of rotatable bonds is 4. The summed E-state index contributed by atoms with van der Waals surface area (Å²) in [5.74, 6) is 1.20. The van der Waals surface area contributed by atoms with Gasteiger partial charge in [-0.05, 0) is 12.3 Å². The Bertz CT molecular complexity index is 766. The van der Waals surface area contributed by atoms with Crippen LogP contribution < -0.4 is 5.32 Å². The summed E-state index contributed by atoms with van der Waals surface area (Å²) in [7, 11) is 1.91. The zero-order valence-corrected chi connectivity index (χ0v) is 12.1. The molecule has 3 aromatic rings. The van der Waals surface area contributed by atoms with E-state index < -0.39 is 0 Å². The number of nitrogens with zero attached hydrogens (tertiary/aromatic N) is 3. The van der Waals surface area contributed by atoms with Crippen molar-refractivity contribution < 1.29 is 5.11 Å². The SMILES string of the molecule is CC(NCc1nncn1C)c1ccc2ccccc2c1O. The Morgan fingerprint density at radius 2 is 2.05 bits per heavy atom.